The van der Waals surface area contributed by atoms with Crippen molar-refractivity contribution in [1.29, 1.82) is 0 Å². The largest absolute Gasteiger partial charge is 0.472 e. The number of thiophene rings is 1. The average Bonchev–Trinajstić information content (AvgIpc) is 3.31. The quantitative estimate of drug-likeness (QED) is 0.679. The molecule has 0 aliphatic rings. The van der Waals surface area contributed by atoms with Gasteiger partial charge in [0.15, 0.2) is 0 Å². The minimum Gasteiger partial charge on any atom is -0.472 e. The summed E-state index contributed by atoms with van der Waals surface area (Å²) in [6, 6.07) is 7.21. The molecule has 0 spiro atoms. The topological polar surface area (TPSA) is 75.6 Å². The first-order chi connectivity index (χ1) is 11.2. The number of aliphatic hydroxyl groups is 1. The Balaban J connectivity index is 1.53. The van der Waals surface area contributed by atoms with E-state index in [1.54, 1.807) is 35.6 Å². The summed E-state index contributed by atoms with van der Waals surface area (Å²) in [5.41, 5.74) is 1.77. The number of nitrogens with one attached hydrogen (secondary N) is 1. The second kappa shape index (κ2) is 7.13. The number of rotatable bonds is 6. The summed E-state index contributed by atoms with van der Waals surface area (Å²) in [6.07, 6.45) is 5.19. The van der Waals surface area contributed by atoms with Crippen molar-refractivity contribution < 1.29 is 18.7 Å². The molecule has 0 aliphatic heterocycles. The molecule has 0 saturated heterocycles. The van der Waals surface area contributed by atoms with Gasteiger partial charge in [0.2, 0.25) is 5.91 Å². The van der Waals surface area contributed by atoms with E-state index in [-0.39, 0.29) is 12.5 Å². The Morgan fingerprint density at radius 3 is 3.00 bits per heavy atom. The molecule has 1 amide bonds. The number of carbonyl (C=O) groups is 1. The van der Waals surface area contributed by atoms with Crippen LogP contribution in [0, 0.1) is 0 Å². The van der Waals surface area contributed by atoms with Crippen molar-refractivity contribution in [2.45, 2.75) is 6.10 Å². The third kappa shape index (κ3) is 4.00. The molecule has 0 unspecified atom stereocenters. The molecule has 3 aromatic rings. The van der Waals surface area contributed by atoms with Crippen molar-refractivity contribution in [3.8, 4) is 11.3 Å². The maximum atomic E-state index is 11.7. The molecule has 0 aromatic carbocycles. The van der Waals surface area contributed by atoms with Crippen molar-refractivity contribution in [2.24, 2.45) is 0 Å². The smallest absolute Gasteiger partial charge is 0.244 e. The number of furan rings is 2. The van der Waals surface area contributed by atoms with Gasteiger partial charge < -0.3 is 19.3 Å². The predicted molar refractivity (Wildman–Crippen MR) is 87.7 cm³/mol. The summed E-state index contributed by atoms with van der Waals surface area (Å²) in [4.78, 5) is 11.7. The SMILES string of the molecule is O=C(/C=C/c1ccoc1)NC[C@@H](O)c1ccc(-c2ccsc2)o1. The molecule has 0 bridgehead atoms. The molecular formula is C17H15NO4S. The minimum atomic E-state index is -0.895. The van der Waals surface area contributed by atoms with Gasteiger partial charge in [-0.05, 0) is 35.7 Å². The molecule has 1 atom stereocenters. The van der Waals surface area contributed by atoms with E-state index in [0.717, 1.165) is 11.1 Å². The van der Waals surface area contributed by atoms with E-state index in [4.69, 9.17) is 8.83 Å². The highest BCUT2D eigenvalue weighted by molar-refractivity contribution is 7.08. The van der Waals surface area contributed by atoms with Crippen LogP contribution in [-0.2, 0) is 4.79 Å². The first-order valence-electron chi connectivity index (χ1n) is 7.01. The van der Waals surface area contributed by atoms with Gasteiger partial charge in [-0.15, -0.1) is 0 Å². The highest BCUT2D eigenvalue weighted by atomic mass is 32.1. The van der Waals surface area contributed by atoms with E-state index in [2.05, 4.69) is 5.32 Å². The zero-order valence-electron chi connectivity index (χ0n) is 12.1. The normalized spacial score (nSPS) is 12.6. The van der Waals surface area contributed by atoms with E-state index in [0.29, 0.717) is 11.5 Å². The van der Waals surface area contributed by atoms with Crippen molar-refractivity contribution in [1.82, 2.24) is 5.32 Å². The van der Waals surface area contributed by atoms with Crippen LogP contribution in [0.15, 0.2) is 62.5 Å². The third-order valence-corrected chi connectivity index (χ3v) is 3.88. The van der Waals surface area contributed by atoms with E-state index in [1.807, 2.05) is 16.8 Å². The van der Waals surface area contributed by atoms with Gasteiger partial charge in [0.05, 0.1) is 19.1 Å². The Morgan fingerprint density at radius 1 is 1.35 bits per heavy atom. The fraction of sp³-hybridized carbons (Fsp3) is 0.118. The second-order valence-electron chi connectivity index (χ2n) is 4.87. The molecule has 3 aromatic heterocycles. The maximum absolute atomic E-state index is 11.7. The van der Waals surface area contributed by atoms with Crippen molar-refractivity contribution in [3.05, 3.63) is 65.0 Å². The number of amides is 1. The Morgan fingerprint density at radius 2 is 2.26 bits per heavy atom. The molecule has 118 valence electrons. The Kier molecular flexibility index (Phi) is 4.75. The Bertz CT molecular complexity index is 772. The molecule has 0 aliphatic carbocycles. The van der Waals surface area contributed by atoms with Crippen LogP contribution in [0.25, 0.3) is 17.4 Å². The lowest BCUT2D eigenvalue weighted by atomic mass is 10.2. The molecule has 0 radical (unpaired) electrons. The predicted octanol–water partition coefficient (Wildman–Crippen LogP) is 3.46. The number of carbonyl (C=O) groups excluding carboxylic acids is 1. The third-order valence-electron chi connectivity index (χ3n) is 3.20. The van der Waals surface area contributed by atoms with Crippen molar-refractivity contribution in [3.63, 3.8) is 0 Å². The average molecular weight is 329 g/mol. The van der Waals surface area contributed by atoms with Crippen LogP contribution in [0.2, 0.25) is 0 Å². The van der Waals surface area contributed by atoms with Gasteiger partial charge in [-0.2, -0.15) is 11.3 Å². The van der Waals surface area contributed by atoms with Gasteiger partial charge in [-0.25, -0.2) is 0 Å². The molecule has 23 heavy (non-hydrogen) atoms. The van der Waals surface area contributed by atoms with Crippen molar-refractivity contribution in [2.75, 3.05) is 6.54 Å². The lowest BCUT2D eigenvalue weighted by Gasteiger charge is -2.08. The van der Waals surface area contributed by atoms with Crippen LogP contribution >= 0.6 is 11.3 Å². The van der Waals surface area contributed by atoms with Crippen LogP contribution in [0.5, 0.6) is 0 Å². The monoisotopic (exact) mass is 329 g/mol. The summed E-state index contributed by atoms with van der Waals surface area (Å²) in [6.45, 7) is 0.0746. The van der Waals surface area contributed by atoms with Gasteiger partial charge in [0.25, 0.3) is 0 Å². The molecule has 6 heteroatoms. The van der Waals surface area contributed by atoms with E-state index < -0.39 is 6.10 Å². The Hall–Kier alpha value is -2.57. The summed E-state index contributed by atoms with van der Waals surface area (Å²) >= 11 is 1.58. The molecule has 3 rings (SSSR count). The van der Waals surface area contributed by atoms with Gasteiger partial charge >= 0.3 is 0 Å². The van der Waals surface area contributed by atoms with Gasteiger partial charge in [-0.1, -0.05) is 0 Å². The number of hydrogen-bond donors (Lipinski definition) is 2. The van der Waals surface area contributed by atoms with Crippen LogP contribution < -0.4 is 5.32 Å². The molecule has 2 N–H and O–H groups in total. The molecule has 3 heterocycles. The zero-order chi connectivity index (χ0) is 16.1. The molecule has 0 fully saturated rings. The fourth-order valence-corrected chi connectivity index (χ4v) is 2.64. The summed E-state index contributed by atoms with van der Waals surface area (Å²) in [7, 11) is 0. The summed E-state index contributed by atoms with van der Waals surface area (Å²) in [5.74, 6) is 0.826. The molecule has 0 saturated carbocycles. The second-order valence-corrected chi connectivity index (χ2v) is 5.65. The highest BCUT2D eigenvalue weighted by Crippen LogP contribution is 2.26. The minimum absolute atomic E-state index is 0.0746. The fourth-order valence-electron chi connectivity index (χ4n) is 1.99. The Labute approximate surface area is 136 Å². The first-order valence-corrected chi connectivity index (χ1v) is 7.95. The molecule has 5 nitrogen and oxygen atoms in total. The lowest BCUT2D eigenvalue weighted by molar-refractivity contribution is -0.116. The van der Waals surface area contributed by atoms with E-state index >= 15 is 0 Å². The lowest BCUT2D eigenvalue weighted by Crippen LogP contribution is -2.26. The summed E-state index contributed by atoms with van der Waals surface area (Å²) < 4.78 is 10.5. The standard InChI is InChI=1S/C17H15NO4S/c19-14(9-18-17(20)4-1-12-5-7-21-10-12)16-3-2-15(22-16)13-6-8-23-11-13/h1-8,10-11,14,19H,9H2,(H,18,20)/b4-1+/t14-/m1/s1. The van der Waals surface area contributed by atoms with Crippen LogP contribution in [0.1, 0.15) is 17.4 Å². The van der Waals surface area contributed by atoms with Gasteiger partial charge in [0, 0.05) is 22.6 Å². The maximum Gasteiger partial charge on any atom is 0.244 e. The highest BCUT2D eigenvalue weighted by Gasteiger charge is 2.14. The van der Waals surface area contributed by atoms with Crippen LogP contribution in [0.3, 0.4) is 0 Å². The van der Waals surface area contributed by atoms with Crippen molar-refractivity contribution >= 4 is 23.3 Å². The number of hydrogen-bond acceptors (Lipinski definition) is 5. The molecular weight excluding hydrogens is 314 g/mol. The van der Waals surface area contributed by atoms with E-state index in [9.17, 15) is 9.90 Å². The summed E-state index contributed by atoms with van der Waals surface area (Å²) in [5, 5.41) is 16.6. The van der Waals surface area contributed by atoms with Crippen LogP contribution in [-0.4, -0.2) is 17.6 Å². The van der Waals surface area contributed by atoms with Crippen LogP contribution in [0.4, 0.5) is 0 Å². The van der Waals surface area contributed by atoms with Gasteiger partial charge in [-0.3, -0.25) is 4.79 Å². The first kappa shape index (κ1) is 15.3. The van der Waals surface area contributed by atoms with E-state index in [1.165, 1.54) is 18.6 Å². The zero-order valence-corrected chi connectivity index (χ0v) is 13.0. The van der Waals surface area contributed by atoms with Gasteiger partial charge in [0.1, 0.15) is 17.6 Å². The number of aliphatic hydroxyl groups excluding tert-OH is 1.